The summed E-state index contributed by atoms with van der Waals surface area (Å²) in [5, 5.41) is 29.2. The molecule has 3 N–H and O–H groups in total. The zero-order valence-electron chi connectivity index (χ0n) is 9.37. The number of hydrogen-bond acceptors (Lipinski definition) is 5. The van der Waals surface area contributed by atoms with E-state index in [1.807, 2.05) is 0 Å². The number of nitro groups is 1. The Morgan fingerprint density at radius 3 is 2.72 bits per heavy atom. The van der Waals surface area contributed by atoms with Gasteiger partial charge >= 0.3 is 5.69 Å². The first-order chi connectivity index (χ1) is 8.01. The van der Waals surface area contributed by atoms with Gasteiger partial charge in [-0.2, -0.15) is 5.26 Å². The van der Waals surface area contributed by atoms with Gasteiger partial charge in [0.15, 0.2) is 5.75 Å². The molecule has 1 aromatic rings. The van der Waals surface area contributed by atoms with Crippen molar-refractivity contribution in [2.45, 2.75) is 12.5 Å². The number of nitrogens with two attached hydrogens (primary N) is 1. The van der Waals surface area contributed by atoms with Crippen molar-refractivity contribution < 1.29 is 10.0 Å². The molecule has 0 aliphatic heterocycles. The van der Waals surface area contributed by atoms with Crippen LogP contribution in [0, 0.1) is 21.4 Å². The molecule has 0 saturated heterocycles. The summed E-state index contributed by atoms with van der Waals surface area (Å²) in [5.41, 5.74) is 5.48. The molecule has 1 aromatic carbocycles. The zero-order chi connectivity index (χ0) is 13.0. The smallest absolute Gasteiger partial charge is 0.312 e. The van der Waals surface area contributed by atoms with Crippen molar-refractivity contribution in [3.63, 3.8) is 0 Å². The first-order valence-electron chi connectivity index (χ1n) is 4.79. The Bertz CT molecular complexity index is 511. The number of rotatable bonds is 4. The molecule has 1 atom stereocenters. The molecule has 1 rings (SSSR count). The molecular weight excluding hydrogens is 258 g/mol. The maximum atomic E-state index is 10.7. The van der Waals surface area contributed by atoms with E-state index in [4.69, 9.17) is 11.0 Å². The third-order valence-electron chi connectivity index (χ3n) is 2.27. The van der Waals surface area contributed by atoms with Crippen LogP contribution in [0.25, 0.3) is 0 Å². The van der Waals surface area contributed by atoms with E-state index in [9.17, 15) is 15.2 Å². The zero-order valence-corrected chi connectivity index (χ0v) is 10.2. The molecule has 0 spiro atoms. The van der Waals surface area contributed by atoms with Crippen molar-refractivity contribution >= 4 is 18.1 Å². The van der Waals surface area contributed by atoms with Crippen molar-refractivity contribution in [3.05, 3.63) is 46.0 Å². The number of hydrogen-bond donors (Lipinski definition) is 2. The van der Waals surface area contributed by atoms with Crippen LogP contribution >= 0.6 is 12.4 Å². The van der Waals surface area contributed by atoms with Gasteiger partial charge in [0, 0.05) is 17.7 Å². The lowest BCUT2D eigenvalue weighted by Gasteiger charge is -2.11. The molecule has 6 nitrogen and oxygen atoms in total. The van der Waals surface area contributed by atoms with Crippen LogP contribution in [0.5, 0.6) is 5.75 Å². The second kappa shape index (κ2) is 6.59. The second-order valence-electron chi connectivity index (χ2n) is 3.43. The maximum Gasteiger partial charge on any atom is 0.312 e. The lowest BCUT2D eigenvalue weighted by molar-refractivity contribution is -0.386. The van der Waals surface area contributed by atoms with Gasteiger partial charge in [-0.3, -0.25) is 10.1 Å². The fourth-order valence-electron chi connectivity index (χ4n) is 1.43. The Balaban J connectivity index is 0.00000289. The lowest BCUT2D eigenvalue weighted by atomic mass is 10.00. The van der Waals surface area contributed by atoms with E-state index in [-0.39, 0.29) is 23.5 Å². The first-order valence-corrected chi connectivity index (χ1v) is 4.79. The molecule has 0 fully saturated rings. The first kappa shape index (κ1) is 15.9. The van der Waals surface area contributed by atoms with Gasteiger partial charge in [-0.25, -0.2) is 0 Å². The van der Waals surface area contributed by atoms with E-state index >= 15 is 0 Å². The molecule has 0 bridgehead atoms. The highest BCUT2D eigenvalue weighted by Gasteiger charge is 2.22. The van der Waals surface area contributed by atoms with E-state index < -0.39 is 22.4 Å². The molecule has 18 heavy (non-hydrogen) atoms. The highest BCUT2D eigenvalue weighted by molar-refractivity contribution is 5.85. The van der Waals surface area contributed by atoms with Gasteiger partial charge in [-0.1, -0.05) is 6.08 Å². The molecule has 0 unspecified atom stereocenters. The molecular formula is C11H12ClN3O3. The summed E-state index contributed by atoms with van der Waals surface area (Å²) in [4.78, 5) is 9.95. The standard InChI is InChI=1S/C11H11N3O3.ClH/c1-2-3-9(13)8-4-7(6-12)5-10(11(8)15)14(16)17;/h2,4-5,9,15H,1,3,13H2;1H/t9-;/m0./s1. The van der Waals surface area contributed by atoms with E-state index in [2.05, 4.69) is 6.58 Å². The molecule has 96 valence electrons. The van der Waals surface area contributed by atoms with E-state index in [1.54, 1.807) is 6.07 Å². The number of halogens is 1. The van der Waals surface area contributed by atoms with E-state index in [0.717, 1.165) is 6.07 Å². The Hall–Kier alpha value is -2.10. The summed E-state index contributed by atoms with van der Waals surface area (Å²) in [6.07, 6.45) is 1.88. The van der Waals surface area contributed by atoms with Crippen LogP contribution in [0.15, 0.2) is 24.8 Å². The highest BCUT2D eigenvalue weighted by atomic mass is 35.5. The minimum absolute atomic E-state index is 0. The van der Waals surface area contributed by atoms with E-state index in [1.165, 1.54) is 12.1 Å². The largest absolute Gasteiger partial charge is 0.502 e. The van der Waals surface area contributed by atoms with Crippen LogP contribution in [-0.2, 0) is 0 Å². The predicted molar refractivity (Wildman–Crippen MR) is 68.5 cm³/mol. The monoisotopic (exact) mass is 269 g/mol. The average Bonchev–Trinajstić information content (AvgIpc) is 2.29. The molecule has 0 aromatic heterocycles. The molecule has 0 radical (unpaired) electrons. The van der Waals surface area contributed by atoms with Crippen LogP contribution in [0.3, 0.4) is 0 Å². The third-order valence-corrected chi connectivity index (χ3v) is 2.27. The minimum atomic E-state index is -0.750. The summed E-state index contributed by atoms with van der Waals surface area (Å²) in [6, 6.07) is 3.52. The molecule has 0 saturated carbocycles. The van der Waals surface area contributed by atoms with Crippen LogP contribution in [0.1, 0.15) is 23.6 Å². The van der Waals surface area contributed by atoms with Crippen LogP contribution in [0.2, 0.25) is 0 Å². The Morgan fingerprint density at radius 1 is 1.67 bits per heavy atom. The van der Waals surface area contributed by atoms with Crippen LogP contribution in [-0.4, -0.2) is 10.0 Å². The summed E-state index contributed by atoms with van der Waals surface area (Å²) in [7, 11) is 0. The number of nitriles is 1. The van der Waals surface area contributed by atoms with Crippen molar-refractivity contribution in [2.24, 2.45) is 5.73 Å². The molecule has 0 heterocycles. The number of benzene rings is 1. The van der Waals surface area contributed by atoms with Crippen LogP contribution < -0.4 is 5.73 Å². The summed E-state index contributed by atoms with van der Waals surface area (Å²) < 4.78 is 0. The SMILES string of the molecule is C=CC[C@H](N)c1cc(C#N)cc([N+](=O)[O-])c1O.Cl. The maximum absolute atomic E-state index is 10.7. The topological polar surface area (TPSA) is 113 Å². The van der Waals surface area contributed by atoms with Gasteiger partial charge in [0.2, 0.25) is 0 Å². The quantitative estimate of drug-likeness (QED) is 0.494. The lowest BCUT2D eigenvalue weighted by Crippen LogP contribution is -2.10. The van der Waals surface area contributed by atoms with Crippen molar-refractivity contribution in [1.29, 1.82) is 5.26 Å². The van der Waals surface area contributed by atoms with Crippen molar-refractivity contribution in [3.8, 4) is 11.8 Å². The van der Waals surface area contributed by atoms with Gasteiger partial charge < -0.3 is 10.8 Å². The number of phenols is 1. The van der Waals surface area contributed by atoms with Gasteiger partial charge in [-0.05, 0) is 12.5 Å². The number of aromatic hydroxyl groups is 1. The van der Waals surface area contributed by atoms with Gasteiger partial charge in [-0.15, -0.1) is 19.0 Å². The Labute approximate surface area is 110 Å². The molecule has 0 amide bonds. The minimum Gasteiger partial charge on any atom is -0.502 e. The number of phenolic OH excluding ortho intramolecular Hbond substituents is 1. The molecule has 0 aliphatic rings. The molecule has 0 aliphatic carbocycles. The summed E-state index contributed by atoms with van der Waals surface area (Å²) in [6.45, 7) is 3.50. The second-order valence-corrected chi connectivity index (χ2v) is 3.43. The van der Waals surface area contributed by atoms with Gasteiger partial charge in [0.25, 0.3) is 0 Å². The van der Waals surface area contributed by atoms with Crippen molar-refractivity contribution in [2.75, 3.05) is 0 Å². The predicted octanol–water partition coefficient (Wildman–Crippen LogP) is 2.17. The highest BCUT2D eigenvalue weighted by Crippen LogP contribution is 2.35. The fourth-order valence-corrected chi connectivity index (χ4v) is 1.43. The average molecular weight is 270 g/mol. The Morgan fingerprint density at radius 2 is 2.28 bits per heavy atom. The normalized spacial score (nSPS) is 10.9. The van der Waals surface area contributed by atoms with Crippen molar-refractivity contribution in [1.82, 2.24) is 0 Å². The van der Waals surface area contributed by atoms with Gasteiger partial charge in [0.05, 0.1) is 16.6 Å². The number of nitrogens with zero attached hydrogens (tertiary/aromatic N) is 2. The molecule has 7 heteroatoms. The van der Waals surface area contributed by atoms with E-state index in [0.29, 0.717) is 6.42 Å². The number of nitro benzene ring substituents is 1. The summed E-state index contributed by atoms with van der Waals surface area (Å²) >= 11 is 0. The summed E-state index contributed by atoms with van der Waals surface area (Å²) in [5.74, 6) is -0.497. The third kappa shape index (κ3) is 3.20. The van der Waals surface area contributed by atoms with Gasteiger partial charge in [0.1, 0.15) is 0 Å². The van der Waals surface area contributed by atoms with Crippen LogP contribution in [0.4, 0.5) is 5.69 Å². The fraction of sp³-hybridized carbons (Fsp3) is 0.182. The Kier molecular flexibility index (Phi) is 5.82.